The summed E-state index contributed by atoms with van der Waals surface area (Å²) in [5.74, 6) is 0.479. The zero-order valence-corrected chi connectivity index (χ0v) is 19.3. The van der Waals surface area contributed by atoms with E-state index in [2.05, 4.69) is 15.4 Å². The van der Waals surface area contributed by atoms with E-state index in [1.807, 2.05) is 6.07 Å². The van der Waals surface area contributed by atoms with E-state index in [1.165, 1.54) is 6.07 Å². The van der Waals surface area contributed by atoms with Crippen LogP contribution in [0.1, 0.15) is 37.8 Å². The van der Waals surface area contributed by atoms with Crippen molar-refractivity contribution in [2.75, 3.05) is 12.1 Å². The number of carbonyl (C=O) groups is 2. The molecule has 2 aliphatic rings. The van der Waals surface area contributed by atoms with E-state index in [9.17, 15) is 18.0 Å². The Balaban J connectivity index is 1.46. The van der Waals surface area contributed by atoms with E-state index in [0.717, 1.165) is 11.1 Å². The lowest BCUT2D eigenvalue weighted by atomic mass is 10.0. The SMILES string of the molecule is CC(C)[C@@H](NS(=O)(=O)c1ccc2c(c1)CCCC(=O)N2)C(=O)NCc1ccc2c(c1)OCO2. The van der Waals surface area contributed by atoms with Gasteiger partial charge in [0, 0.05) is 18.7 Å². The van der Waals surface area contributed by atoms with E-state index >= 15 is 0 Å². The average molecular weight is 474 g/mol. The largest absolute Gasteiger partial charge is 0.454 e. The van der Waals surface area contributed by atoms with Crippen LogP contribution in [0, 0.1) is 5.92 Å². The van der Waals surface area contributed by atoms with Crippen LogP contribution >= 0.6 is 0 Å². The molecule has 0 aliphatic carbocycles. The molecule has 176 valence electrons. The molecule has 2 aliphatic heterocycles. The first-order chi connectivity index (χ1) is 15.7. The second kappa shape index (κ2) is 9.40. The number of amides is 2. The van der Waals surface area contributed by atoms with Gasteiger partial charge in [0.1, 0.15) is 6.04 Å². The number of hydrogen-bond donors (Lipinski definition) is 3. The maximum absolute atomic E-state index is 13.1. The van der Waals surface area contributed by atoms with Crippen LogP contribution in [0.4, 0.5) is 5.69 Å². The minimum atomic E-state index is -3.96. The Morgan fingerprint density at radius 1 is 1.09 bits per heavy atom. The maximum Gasteiger partial charge on any atom is 0.241 e. The molecule has 2 aromatic carbocycles. The molecule has 0 aromatic heterocycles. The Labute approximate surface area is 192 Å². The second-order valence-electron chi connectivity index (χ2n) is 8.47. The van der Waals surface area contributed by atoms with Gasteiger partial charge in [-0.15, -0.1) is 0 Å². The Hall–Kier alpha value is -3.11. The number of hydrogen-bond acceptors (Lipinski definition) is 6. The minimum Gasteiger partial charge on any atom is -0.454 e. The number of fused-ring (bicyclic) bond motifs is 2. The highest BCUT2D eigenvalue weighted by atomic mass is 32.2. The predicted octanol–water partition coefficient (Wildman–Crippen LogP) is 2.31. The van der Waals surface area contributed by atoms with E-state index < -0.39 is 22.0 Å². The van der Waals surface area contributed by atoms with Gasteiger partial charge in [-0.3, -0.25) is 9.59 Å². The highest BCUT2D eigenvalue weighted by molar-refractivity contribution is 7.89. The lowest BCUT2D eigenvalue weighted by molar-refractivity contribution is -0.123. The van der Waals surface area contributed by atoms with E-state index in [1.54, 1.807) is 38.1 Å². The third-order valence-corrected chi connectivity index (χ3v) is 7.08. The van der Waals surface area contributed by atoms with Crippen molar-refractivity contribution in [1.82, 2.24) is 10.0 Å². The van der Waals surface area contributed by atoms with Crippen molar-refractivity contribution in [3.05, 3.63) is 47.5 Å². The van der Waals surface area contributed by atoms with Gasteiger partial charge in [-0.05, 0) is 60.2 Å². The molecular formula is C23H27N3O6S. The lowest BCUT2D eigenvalue weighted by Crippen LogP contribution is -2.49. The molecule has 33 heavy (non-hydrogen) atoms. The Morgan fingerprint density at radius 2 is 1.88 bits per heavy atom. The van der Waals surface area contributed by atoms with Crippen LogP contribution in [0.2, 0.25) is 0 Å². The molecule has 0 unspecified atom stereocenters. The van der Waals surface area contributed by atoms with Gasteiger partial charge in [0.05, 0.1) is 4.90 Å². The first kappa shape index (κ1) is 23.1. The zero-order valence-electron chi connectivity index (χ0n) is 18.5. The molecule has 0 saturated heterocycles. The maximum atomic E-state index is 13.1. The molecule has 9 nitrogen and oxygen atoms in total. The zero-order chi connectivity index (χ0) is 23.6. The molecule has 0 radical (unpaired) electrons. The quantitative estimate of drug-likeness (QED) is 0.567. The molecule has 2 amide bonds. The fourth-order valence-corrected chi connectivity index (χ4v) is 5.19. The molecule has 0 bridgehead atoms. The molecule has 0 fully saturated rings. The van der Waals surface area contributed by atoms with Crippen molar-refractivity contribution < 1.29 is 27.5 Å². The molecular weight excluding hydrogens is 446 g/mol. The van der Waals surface area contributed by atoms with Gasteiger partial charge in [0.2, 0.25) is 28.6 Å². The first-order valence-corrected chi connectivity index (χ1v) is 12.3. The highest BCUT2D eigenvalue weighted by Crippen LogP contribution is 2.32. The van der Waals surface area contributed by atoms with Crippen LogP contribution < -0.4 is 24.8 Å². The van der Waals surface area contributed by atoms with E-state index in [4.69, 9.17) is 9.47 Å². The lowest BCUT2D eigenvalue weighted by Gasteiger charge is -2.22. The third kappa shape index (κ3) is 5.28. The minimum absolute atomic E-state index is 0.0617. The summed E-state index contributed by atoms with van der Waals surface area (Å²) in [6.45, 7) is 3.94. The number of aryl methyl sites for hydroxylation is 1. The van der Waals surface area contributed by atoms with Crippen LogP contribution in [0.5, 0.6) is 11.5 Å². The smallest absolute Gasteiger partial charge is 0.241 e. The molecule has 3 N–H and O–H groups in total. The summed E-state index contributed by atoms with van der Waals surface area (Å²) in [7, 11) is -3.96. The standard InChI is InChI=1S/C23H27N3O6S/c1-14(2)22(23(28)24-12-15-6-9-19-20(10-15)32-13-31-19)26-33(29,30)17-7-8-18-16(11-17)4-3-5-21(27)25-18/h6-11,14,22,26H,3-5,12-13H2,1-2H3,(H,24,28)(H,25,27)/t22-/m1/s1. The van der Waals surface area contributed by atoms with Gasteiger partial charge < -0.3 is 20.1 Å². The van der Waals surface area contributed by atoms with Gasteiger partial charge in [0.15, 0.2) is 11.5 Å². The fraction of sp³-hybridized carbons (Fsp3) is 0.391. The van der Waals surface area contributed by atoms with Crippen molar-refractivity contribution in [2.45, 2.75) is 50.6 Å². The summed E-state index contributed by atoms with van der Waals surface area (Å²) in [4.78, 5) is 24.7. The molecule has 2 heterocycles. The average Bonchev–Trinajstić information content (AvgIpc) is 3.16. The highest BCUT2D eigenvalue weighted by Gasteiger charge is 2.29. The Morgan fingerprint density at radius 3 is 2.67 bits per heavy atom. The van der Waals surface area contributed by atoms with E-state index in [-0.39, 0.29) is 30.1 Å². The topological polar surface area (TPSA) is 123 Å². The number of anilines is 1. The van der Waals surface area contributed by atoms with Crippen molar-refractivity contribution in [2.24, 2.45) is 5.92 Å². The Bertz CT molecular complexity index is 1180. The van der Waals surface area contributed by atoms with Gasteiger partial charge in [-0.2, -0.15) is 4.72 Å². The summed E-state index contributed by atoms with van der Waals surface area (Å²) in [6, 6.07) is 9.01. The number of rotatable bonds is 7. The van der Waals surface area contributed by atoms with Crippen molar-refractivity contribution in [3.63, 3.8) is 0 Å². The summed E-state index contributed by atoms with van der Waals surface area (Å²) in [6.07, 6.45) is 1.64. The van der Waals surface area contributed by atoms with Crippen molar-refractivity contribution in [1.29, 1.82) is 0 Å². The summed E-state index contributed by atoms with van der Waals surface area (Å²) < 4.78 is 39.3. The number of ether oxygens (including phenoxy) is 2. The second-order valence-corrected chi connectivity index (χ2v) is 10.2. The van der Waals surface area contributed by atoms with Crippen LogP contribution in [-0.2, 0) is 32.6 Å². The molecule has 2 aromatic rings. The summed E-state index contributed by atoms with van der Waals surface area (Å²) >= 11 is 0. The van der Waals surface area contributed by atoms with Crippen LogP contribution in [0.15, 0.2) is 41.3 Å². The normalized spacial score (nSPS) is 16.0. The first-order valence-electron chi connectivity index (χ1n) is 10.8. The summed E-state index contributed by atoms with van der Waals surface area (Å²) in [5, 5.41) is 5.59. The third-order valence-electron chi connectivity index (χ3n) is 5.65. The molecule has 0 saturated carbocycles. The van der Waals surface area contributed by atoms with E-state index in [0.29, 0.717) is 36.4 Å². The van der Waals surface area contributed by atoms with Crippen LogP contribution in [0.3, 0.4) is 0 Å². The van der Waals surface area contributed by atoms with Gasteiger partial charge in [-0.25, -0.2) is 8.42 Å². The van der Waals surface area contributed by atoms with Gasteiger partial charge in [-0.1, -0.05) is 19.9 Å². The molecule has 1 atom stereocenters. The number of nitrogens with one attached hydrogen (secondary N) is 3. The van der Waals surface area contributed by atoms with Crippen molar-refractivity contribution >= 4 is 27.5 Å². The molecule has 0 spiro atoms. The number of sulfonamides is 1. The number of carbonyl (C=O) groups excluding carboxylic acids is 2. The van der Waals surface area contributed by atoms with Crippen LogP contribution in [0.25, 0.3) is 0 Å². The number of benzene rings is 2. The molecule has 10 heteroatoms. The molecule has 4 rings (SSSR count). The van der Waals surface area contributed by atoms with Gasteiger partial charge in [0.25, 0.3) is 0 Å². The van der Waals surface area contributed by atoms with Crippen molar-refractivity contribution in [3.8, 4) is 11.5 Å². The van der Waals surface area contributed by atoms with Gasteiger partial charge >= 0.3 is 0 Å². The fourth-order valence-electron chi connectivity index (χ4n) is 3.80. The Kier molecular flexibility index (Phi) is 6.57. The van der Waals surface area contributed by atoms with Crippen LogP contribution in [-0.4, -0.2) is 33.1 Å². The monoisotopic (exact) mass is 473 g/mol. The summed E-state index contributed by atoms with van der Waals surface area (Å²) in [5.41, 5.74) is 2.20. The predicted molar refractivity (Wildman–Crippen MR) is 121 cm³/mol.